The summed E-state index contributed by atoms with van der Waals surface area (Å²) in [5, 5.41) is 0. The topological polar surface area (TPSA) is 51.2 Å². The van der Waals surface area contributed by atoms with Crippen molar-refractivity contribution in [3.63, 3.8) is 0 Å². The van der Waals surface area contributed by atoms with Crippen molar-refractivity contribution in [2.45, 2.75) is 11.8 Å². The zero-order chi connectivity index (χ0) is 15.8. The molecule has 2 aromatic carbocycles. The van der Waals surface area contributed by atoms with Crippen molar-refractivity contribution in [1.29, 1.82) is 0 Å². The van der Waals surface area contributed by atoms with Gasteiger partial charge in [0.05, 0.1) is 10.5 Å². The molecule has 6 heteroatoms. The number of aryl methyl sites for hydroxylation is 1. The predicted molar refractivity (Wildman–Crippen MR) is 74.1 cm³/mol. The lowest BCUT2D eigenvalue weighted by Gasteiger charge is -2.06. The number of hydrogen-bond donors (Lipinski definition) is 0. The third kappa shape index (κ3) is 3.16. The minimum absolute atomic E-state index is 0.0506. The van der Waals surface area contributed by atoms with E-state index in [0.29, 0.717) is 0 Å². The van der Waals surface area contributed by atoms with Crippen molar-refractivity contribution in [1.82, 2.24) is 0 Å². The van der Waals surface area contributed by atoms with Gasteiger partial charge in [0.2, 0.25) is 0 Å². The van der Waals surface area contributed by atoms with Crippen LogP contribution >= 0.6 is 0 Å². The molecule has 0 N–H and O–H groups in total. The van der Waals surface area contributed by atoms with E-state index < -0.39 is 27.3 Å². The van der Waals surface area contributed by atoms with Crippen molar-refractivity contribution in [3.8, 4) is 0 Å². The molecule has 0 saturated carbocycles. The number of carbonyl (C=O) groups excluding carboxylic acids is 1. The minimum atomic E-state index is -3.38. The highest BCUT2D eigenvalue weighted by Gasteiger charge is 2.17. The van der Waals surface area contributed by atoms with Gasteiger partial charge < -0.3 is 0 Å². The summed E-state index contributed by atoms with van der Waals surface area (Å²) < 4.78 is 49.9. The standard InChI is InChI=1S/C15H12F2O3S/c1-9-7-14(17)12(8-13(9)16)15(18)10-3-5-11(6-4-10)21(2,19)20/h3-8H,1-2H3. The molecule has 3 nitrogen and oxygen atoms in total. The molecule has 0 heterocycles. The normalized spacial score (nSPS) is 11.4. The van der Waals surface area contributed by atoms with E-state index in [1.54, 1.807) is 0 Å². The molecule has 110 valence electrons. The first-order valence-electron chi connectivity index (χ1n) is 6.00. The molecule has 0 saturated heterocycles. The van der Waals surface area contributed by atoms with Gasteiger partial charge in [-0.2, -0.15) is 0 Å². The second-order valence-electron chi connectivity index (χ2n) is 4.71. The molecule has 2 aromatic rings. The van der Waals surface area contributed by atoms with Gasteiger partial charge >= 0.3 is 0 Å². The lowest BCUT2D eigenvalue weighted by Crippen LogP contribution is -2.06. The van der Waals surface area contributed by atoms with E-state index in [4.69, 9.17) is 0 Å². The average molecular weight is 310 g/mol. The van der Waals surface area contributed by atoms with E-state index in [2.05, 4.69) is 0 Å². The van der Waals surface area contributed by atoms with E-state index in [0.717, 1.165) is 18.4 Å². The summed E-state index contributed by atoms with van der Waals surface area (Å²) in [5.74, 6) is -2.19. The van der Waals surface area contributed by atoms with E-state index in [1.807, 2.05) is 0 Å². The zero-order valence-electron chi connectivity index (χ0n) is 11.4. The fourth-order valence-corrected chi connectivity index (χ4v) is 2.46. The fraction of sp³-hybridized carbons (Fsp3) is 0.133. The molecule has 2 rings (SSSR count). The van der Waals surface area contributed by atoms with Crippen molar-refractivity contribution in [3.05, 3.63) is 64.7 Å². The molecule has 0 spiro atoms. The Balaban J connectivity index is 2.44. The van der Waals surface area contributed by atoms with Crippen LogP contribution in [0.2, 0.25) is 0 Å². The van der Waals surface area contributed by atoms with Crippen LogP contribution in [0.25, 0.3) is 0 Å². The SMILES string of the molecule is Cc1cc(F)c(C(=O)c2ccc(S(C)(=O)=O)cc2)cc1F. The summed E-state index contributed by atoms with van der Waals surface area (Å²) in [6.45, 7) is 1.40. The van der Waals surface area contributed by atoms with Gasteiger partial charge in [0.25, 0.3) is 0 Å². The van der Waals surface area contributed by atoms with E-state index >= 15 is 0 Å². The molecular weight excluding hydrogens is 298 g/mol. The lowest BCUT2D eigenvalue weighted by atomic mass is 10.0. The minimum Gasteiger partial charge on any atom is -0.288 e. The van der Waals surface area contributed by atoms with E-state index in [9.17, 15) is 22.0 Å². The summed E-state index contributed by atoms with van der Waals surface area (Å²) in [6, 6.07) is 6.85. The Morgan fingerprint density at radius 3 is 2.10 bits per heavy atom. The molecule has 0 amide bonds. The molecule has 0 aliphatic heterocycles. The Hall–Kier alpha value is -2.08. The Labute approximate surface area is 121 Å². The molecule has 0 atom stereocenters. The maximum absolute atomic E-state index is 13.8. The quantitative estimate of drug-likeness (QED) is 0.819. The predicted octanol–water partition coefficient (Wildman–Crippen LogP) is 2.91. The number of rotatable bonds is 3. The third-order valence-electron chi connectivity index (χ3n) is 3.04. The van der Waals surface area contributed by atoms with Gasteiger partial charge in [-0.1, -0.05) is 0 Å². The van der Waals surface area contributed by atoms with Crippen LogP contribution in [0.4, 0.5) is 8.78 Å². The second kappa shape index (κ2) is 5.37. The molecule has 0 aliphatic rings. The number of hydrogen-bond acceptors (Lipinski definition) is 3. The molecule has 0 aromatic heterocycles. The molecule has 0 unspecified atom stereocenters. The van der Waals surface area contributed by atoms with Crippen LogP contribution in [0.1, 0.15) is 21.5 Å². The van der Waals surface area contributed by atoms with Crippen LogP contribution in [0, 0.1) is 18.6 Å². The summed E-state index contributed by atoms with van der Waals surface area (Å²) in [5.41, 5.74) is -0.189. The number of halogens is 2. The Morgan fingerprint density at radius 2 is 1.57 bits per heavy atom. The van der Waals surface area contributed by atoms with Crippen molar-refractivity contribution < 1.29 is 22.0 Å². The highest BCUT2D eigenvalue weighted by atomic mass is 32.2. The highest BCUT2D eigenvalue weighted by molar-refractivity contribution is 7.90. The number of benzene rings is 2. The maximum Gasteiger partial charge on any atom is 0.196 e. The van der Waals surface area contributed by atoms with Gasteiger partial charge in [-0.05, 0) is 48.9 Å². The summed E-state index contributed by atoms with van der Waals surface area (Å²) in [7, 11) is -3.38. The van der Waals surface area contributed by atoms with Crippen LogP contribution in [0.15, 0.2) is 41.3 Å². The highest BCUT2D eigenvalue weighted by Crippen LogP contribution is 2.19. The van der Waals surface area contributed by atoms with E-state index in [-0.39, 0.29) is 21.6 Å². The second-order valence-corrected chi connectivity index (χ2v) is 6.72. The number of sulfone groups is 1. The van der Waals surface area contributed by atoms with Crippen molar-refractivity contribution in [2.24, 2.45) is 0 Å². The van der Waals surface area contributed by atoms with Gasteiger partial charge in [-0.15, -0.1) is 0 Å². The van der Waals surface area contributed by atoms with Gasteiger partial charge in [-0.3, -0.25) is 4.79 Å². The lowest BCUT2D eigenvalue weighted by molar-refractivity contribution is 0.103. The van der Waals surface area contributed by atoms with Gasteiger partial charge in [0.1, 0.15) is 11.6 Å². The van der Waals surface area contributed by atoms with Crippen molar-refractivity contribution in [2.75, 3.05) is 6.26 Å². The average Bonchev–Trinajstić information content (AvgIpc) is 2.41. The first-order chi connectivity index (χ1) is 9.70. The maximum atomic E-state index is 13.8. The molecule has 21 heavy (non-hydrogen) atoms. The van der Waals surface area contributed by atoms with E-state index in [1.165, 1.54) is 31.2 Å². The first-order valence-corrected chi connectivity index (χ1v) is 7.90. The Bertz CT molecular complexity index is 810. The molecule has 0 bridgehead atoms. The van der Waals surface area contributed by atoms with Gasteiger partial charge in [0, 0.05) is 11.8 Å². The molecule has 0 aliphatic carbocycles. The monoisotopic (exact) mass is 310 g/mol. The summed E-state index contributed by atoms with van der Waals surface area (Å²) >= 11 is 0. The fourth-order valence-electron chi connectivity index (χ4n) is 1.83. The van der Waals surface area contributed by atoms with Gasteiger partial charge in [0.15, 0.2) is 15.6 Å². The summed E-state index contributed by atoms with van der Waals surface area (Å²) in [4.78, 5) is 12.2. The molecular formula is C15H12F2O3S. The van der Waals surface area contributed by atoms with Crippen LogP contribution in [0.3, 0.4) is 0 Å². The van der Waals surface area contributed by atoms with Crippen LogP contribution in [-0.4, -0.2) is 20.5 Å². The molecule has 0 radical (unpaired) electrons. The van der Waals surface area contributed by atoms with Crippen LogP contribution in [-0.2, 0) is 9.84 Å². The third-order valence-corrected chi connectivity index (χ3v) is 4.17. The smallest absolute Gasteiger partial charge is 0.196 e. The first kappa shape index (κ1) is 15.3. The largest absolute Gasteiger partial charge is 0.288 e. The van der Waals surface area contributed by atoms with Crippen LogP contribution in [0.5, 0.6) is 0 Å². The van der Waals surface area contributed by atoms with Crippen LogP contribution < -0.4 is 0 Å². The number of ketones is 1. The Morgan fingerprint density at radius 1 is 1.00 bits per heavy atom. The number of carbonyl (C=O) groups is 1. The zero-order valence-corrected chi connectivity index (χ0v) is 12.2. The molecule has 0 fully saturated rings. The van der Waals surface area contributed by atoms with Gasteiger partial charge in [-0.25, -0.2) is 17.2 Å². The van der Waals surface area contributed by atoms with Crippen molar-refractivity contribution >= 4 is 15.6 Å². The summed E-state index contributed by atoms with van der Waals surface area (Å²) in [6.07, 6.45) is 1.04. The Kier molecular flexibility index (Phi) is 3.91.